The van der Waals surface area contributed by atoms with E-state index in [4.69, 9.17) is 4.52 Å². The molecule has 5 nitrogen and oxygen atoms in total. The number of aromatic nitrogens is 2. The van der Waals surface area contributed by atoms with Crippen LogP contribution in [-0.2, 0) is 6.42 Å². The van der Waals surface area contributed by atoms with Crippen LogP contribution in [0, 0.1) is 6.92 Å². The van der Waals surface area contributed by atoms with E-state index in [1.807, 2.05) is 6.92 Å². The summed E-state index contributed by atoms with van der Waals surface area (Å²) in [6, 6.07) is 0.616. The van der Waals surface area contributed by atoms with Gasteiger partial charge in [0.2, 0.25) is 5.89 Å². The Hall–Kier alpha value is -0.940. The third-order valence-electron chi connectivity index (χ3n) is 4.74. The molecule has 20 heavy (non-hydrogen) atoms. The fourth-order valence-corrected chi connectivity index (χ4v) is 3.11. The first kappa shape index (κ1) is 15.4. The van der Waals surface area contributed by atoms with Crippen LogP contribution in [0.3, 0.4) is 0 Å². The van der Waals surface area contributed by atoms with Gasteiger partial charge in [-0.2, -0.15) is 4.98 Å². The molecule has 1 N–H and O–H groups in total. The molecule has 0 spiro atoms. The molecule has 0 amide bonds. The van der Waals surface area contributed by atoms with Gasteiger partial charge in [-0.3, -0.25) is 4.90 Å². The molecular weight excluding hydrogens is 252 g/mol. The second-order valence-electron chi connectivity index (χ2n) is 5.89. The van der Waals surface area contributed by atoms with Gasteiger partial charge in [0.1, 0.15) is 0 Å². The van der Waals surface area contributed by atoms with E-state index < -0.39 is 0 Å². The molecule has 1 saturated heterocycles. The number of rotatable bonds is 6. The fourth-order valence-electron chi connectivity index (χ4n) is 3.11. The van der Waals surface area contributed by atoms with E-state index in [0.29, 0.717) is 6.04 Å². The zero-order chi connectivity index (χ0) is 14.6. The monoisotopic (exact) mass is 280 g/mol. The van der Waals surface area contributed by atoms with Crippen LogP contribution in [0.4, 0.5) is 0 Å². The van der Waals surface area contributed by atoms with Crippen molar-refractivity contribution in [3.05, 3.63) is 11.7 Å². The van der Waals surface area contributed by atoms with Crippen LogP contribution in [-0.4, -0.2) is 46.3 Å². The van der Waals surface area contributed by atoms with E-state index in [-0.39, 0.29) is 5.54 Å². The van der Waals surface area contributed by atoms with Crippen LogP contribution >= 0.6 is 0 Å². The van der Waals surface area contributed by atoms with Crippen molar-refractivity contribution < 1.29 is 4.52 Å². The van der Waals surface area contributed by atoms with Gasteiger partial charge in [-0.25, -0.2) is 0 Å². The molecule has 1 fully saturated rings. The molecule has 2 rings (SSSR count). The number of hydrogen-bond acceptors (Lipinski definition) is 5. The van der Waals surface area contributed by atoms with Gasteiger partial charge in [-0.05, 0) is 26.2 Å². The number of hydrogen-bond donors (Lipinski definition) is 1. The number of aryl methyl sites for hydroxylation is 1. The van der Waals surface area contributed by atoms with Crippen LogP contribution < -0.4 is 5.32 Å². The molecule has 1 unspecified atom stereocenters. The second-order valence-corrected chi connectivity index (χ2v) is 5.89. The maximum absolute atomic E-state index is 5.23. The van der Waals surface area contributed by atoms with Crippen molar-refractivity contribution in [2.24, 2.45) is 0 Å². The third-order valence-corrected chi connectivity index (χ3v) is 4.74. The molecule has 1 atom stereocenters. The van der Waals surface area contributed by atoms with Crippen LogP contribution in [0.2, 0.25) is 0 Å². The molecule has 0 bridgehead atoms. The summed E-state index contributed by atoms with van der Waals surface area (Å²) >= 11 is 0. The zero-order valence-electron chi connectivity index (χ0n) is 13.3. The number of piperazine rings is 1. The van der Waals surface area contributed by atoms with Gasteiger partial charge in [0.15, 0.2) is 5.82 Å². The highest BCUT2D eigenvalue weighted by atomic mass is 16.5. The molecule has 1 aromatic heterocycles. The molecule has 0 aromatic carbocycles. The van der Waals surface area contributed by atoms with Crippen molar-refractivity contribution in [3.63, 3.8) is 0 Å². The predicted molar refractivity (Wildman–Crippen MR) is 79.7 cm³/mol. The van der Waals surface area contributed by atoms with Crippen molar-refractivity contribution in [1.82, 2.24) is 20.4 Å². The van der Waals surface area contributed by atoms with Crippen LogP contribution in [0.1, 0.15) is 51.7 Å². The standard InChI is InChI=1S/C15H28N4O/c1-5-13-10-16-15(6-2,7-3)11-19(13)9-8-14-17-12(4)18-20-14/h13,16H,5-11H2,1-4H3. The molecule has 0 radical (unpaired) electrons. The first-order valence-corrected chi connectivity index (χ1v) is 7.90. The van der Waals surface area contributed by atoms with Crippen molar-refractivity contribution in [3.8, 4) is 0 Å². The highest BCUT2D eigenvalue weighted by Crippen LogP contribution is 2.24. The Morgan fingerprint density at radius 2 is 2.10 bits per heavy atom. The maximum Gasteiger partial charge on any atom is 0.227 e. The summed E-state index contributed by atoms with van der Waals surface area (Å²) in [5.74, 6) is 1.48. The Balaban J connectivity index is 1.98. The molecule has 5 heteroatoms. The molecule has 1 aromatic rings. The van der Waals surface area contributed by atoms with Gasteiger partial charge in [0, 0.05) is 37.6 Å². The van der Waals surface area contributed by atoms with Crippen molar-refractivity contribution in [2.45, 2.75) is 65.0 Å². The van der Waals surface area contributed by atoms with E-state index in [0.717, 1.165) is 37.8 Å². The lowest BCUT2D eigenvalue weighted by atomic mass is 9.88. The van der Waals surface area contributed by atoms with Crippen LogP contribution in [0.15, 0.2) is 4.52 Å². The van der Waals surface area contributed by atoms with E-state index >= 15 is 0 Å². The summed E-state index contributed by atoms with van der Waals surface area (Å²) < 4.78 is 5.23. The van der Waals surface area contributed by atoms with Gasteiger partial charge < -0.3 is 9.84 Å². The average molecular weight is 280 g/mol. The fraction of sp³-hybridized carbons (Fsp3) is 0.867. The largest absolute Gasteiger partial charge is 0.339 e. The van der Waals surface area contributed by atoms with E-state index in [1.54, 1.807) is 0 Å². The molecule has 0 aliphatic carbocycles. The minimum atomic E-state index is 0.274. The molecule has 0 saturated carbocycles. The molecule has 2 heterocycles. The van der Waals surface area contributed by atoms with Crippen LogP contribution in [0.25, 0.3) is 0 Å². The Morgan fingerprint density at radius 1 is 1.35 bits per heavy atom. The zero-order valence-corrected chi connectivity index (χ0v) is 13.3. The lowest BCUT2D eigenvalue weighted by molar-refractivity contribution is 0.0698. The summed E-state index contributed by atoms with van der Waals surface area (Å²) in [4.78, 5) is 6.90. The quantitative estimate of drug-likeness (QED) is 0.865. The Morgan fingerprint density at radius 3 is 2.65 bits per heavy atom. The van der Waals surface area contributed by atoms with Crippen molar-refractivity contribution >= 4 is 0 Å². The summed E-state index contributed by atoms with van der Waals surface area (Å²) in [6.45, 7) is 11.9. The predicted octanol–water partition coefficient (Wildman–Crippen LogP) is 2.16. The first-order chi connectivity index (χ1) is 9.62. The van der Waals surface area contributed by atoms with Gasteiger partial charge in [0.25, 0.3) is 0 Å². The van der Waals surface area contributed by atoms with E-state index in [1.165, 1.54) is 19.3 Å². The minimum absolute atomic E-state index is 0.274. The summed E-state index contributed by atoms with van der Waals surface area (Å²) in [6.07, 6.45) is 4.38. The Bertz CT molecular complexity index is 414. The Labute approximate surface area is 122 Å². The van der Waals surface area contributed by atoms with Crippen molar-refractivity contribution in [2.75, 3.05) is 19.6 Å². The molecule has 1 aliphatic rings. The number of nitrogens with one attached hydrogen (secondary N) is 1. The third kappa shape index (κ3) is 3.38. The first-order valence-electron chi connectivity index (χ1n) is 7.90. The SMILES string of the molecule is CCC1CNC(CC)(CC)CN1CCc1nc(C)no1. The summed E-state index contributed by atoms with van der Waals surface area (Å²) in [5, 5.41) is 7.64. The van der Waals surface area contributed by atoms with Gasteiger partial charge in [-0.1, -0.05) is 25.9 Å². The topological polar surface area (TPSA) is 54.2 Å². The normalized spacial score (nSPS) is 23.1. The average Bonchev–Trinajstić information content (AvgIpc) is 2.90. The lowest BCUT2D eigenvalue weighted by Gasteiger charge is -2.47. The van der Waals surface area contributed by atoms with E-state index in [9.17, 15) is 0 Å². The summed E-state index contributed by atoms with van der Waals surface area (Å²) in [5.41, 5.74) is 0.274. The molecule has 114 valence electrons. The Kier molecular flexibility index (Phi) is 5.16. The van der Waals surface area contributed by atoms with Gasteiger partial charge in [0.05, 0.1) is 0 Å². The minimum Gasteiger partial charge on any atom is -0.339 e. The molecule has 1 aliphatic heterocycles. The number of nitrogens with zero attached hydrogens (tertiary/aromatic N) is 3. The lowest BCUT2D eigenvalue weighted by Crippen LogP contribution is -2.63. The van der Waals surface area contributed by atoms with Gasteiger partial charge >= 0.3 is 0 Å². The van der Waals surface area contributed by atoms with Crippen LogP contribution in [0.5, 0.6) is 0 Å². The second kappa shape index (κ2) is 6.68. The smallest absolute Gasteiger partial charge is 0.227 e. The van der Waals surface area contributed by atoms with Crippen molar-refractivity contribution in [1.29, 1.82) is 0 Å². The van der Waals surface area contributed by atoms with E-state index in [2.05, 4.69) is 41.1 Å². The highest BCUT2D eigenvalue weighted by Gasteiger charge is 2.35. The highest BCUT2D eigenvalue weighted by molar-refractivity contribution is 4.97. The maximum atomic E-state index is 5.23. The summed E-state index contributed by atoms with van der Waals surface area (Å²) in [7, 11) is 0. The molecular formula is C15H28N4O. The van der Waals surface area contributed by atoms with Gasteiger partial charge in [-0.15, -0.1) is 0 Å².